The topological polar surface area (TPSA) is 76.8 Å². The number of hydrogen-bond donors (Lipinski definition) is 0. The predicted molar refractivity (Wildman–Crippen MR) is 124 cm³/mol. The second-order valence-electron chi connectivity index (χ2n) is 8.87. The molecule has 5 rings (SSSR count). The maximum absolute atomic E-state index is 12.3. The van der Waals surface area contributed by atoms with Crippen molar-refractivity contribution in [3.63, 3.8) is 0 Å². The Bertz CT molecular complexity index is 1310. The van der Waals surface area contributed by atoms with Crippen LogP contribution in [0.3, 0.4) is 0 Å². The smallest absolute Gasteiger partial charge is 0.336 e. The van der Waals surface area contributed by atoms with E-state index in [1.54, 1.807) is 13.2 Å². The van der Waals surface area contributed by atoms with Gasteiger partial charge in [0.05, 0.1) is 18.6 Å². The van der Waals surface area contributed by atoms with E-state index < -0.39 is 9.84 Å². The fourth-order valence-electron chi connectivity index (χ4n) is 4.99. The molecule has 1 fully saturated rings. The summed E-state index contributed by atoms with van der Waals surface area (Å²) in [6.07, 6.45) is 3.78. The van der Waals surface area contributed by atoms with Crippen molar-refractivity contribution < 1.29 is 17.6 Å². The van der Waals surface area contributed by atoms with Crippen LogP contribution in [0.25, 0.3) is 11.0 Å². The average Bonchev–Trinajstić information content (AvgIpc) is 3.37. The molecule has 0 unspecified atom stereocenters. The summed E-state index contributed by atoms with van der Waals surface area (Å²) < 4.78 is 35.2. The first-order valence-corrected chi connectivity index (χ1v) is 12.9. The molecule has 7 heteroatoms. The molecule has 0 saturated carbocycles. The minimum atomic E-state index is -3.04. The fraction of sp³-hybridized carbons (Fsp3) is 0.400. The lowest BCUT2D eigenvalue weighted by atomic mass is 10.0. The fourth-order valence-corrected chi connectivity index (χ4v) is 6.75. The van der Waals surface area contributed by atoms with Crippen LogP contribution in [0.15, 0.2) is 51.7 Å². The van der Waals surface area contributed by atoms with Gasteiger partial charge in [-0.15, -0.1) is 0 Å². The molecule has 168 valence electrons. The van der Waals surface area contributed by atoms with Gasteiger partial charge in [0.1, 0.15) is 11.3 Å². The summed E-state index contributed by atoms with van der Waals surface area (Å²) in [5.74, 6) is 1.14. The van der Waals surface area contributed by atoms with Gasteiger partial charge >= 0.3 is 5.63 Å². The zero-order valence-corrected chi connectivity index (χ0v) is 19.0. The summed E-state index contributed by atoms with van der Waals surface area (Å²) in [4.78, 5) is 14.5. The standard InChI is InChI=1S/C25H27NO5S/c1-30-22-7-5-17(6-8-22)14-26(21-9-10-32(28,29)16-21)15-20-13-25(27)31-24-12-19-4-2-3-18(19)11-23(20)24/h5-8,11-13,21H,2-4,9-10,14-16H2,1H3/t21-/m0/s1. The highest BCUT2D eigenvalue weighted by Gasteiger charge is 2.32. The van der Waals surface area contributed by atoms with Crippen LogP contribution < -0.4 is 10.4 Å². The number of rotatable bonds is 6. The summed E-state index contributed by atoms with van der Waals surface area (Å²) in [7, 11) is -1.40. The lowest BCUT2D eigenvalue weighted by Crippen LogP contribution is -2.35. The molecule has 2 aromatic carbocycles. The molecule has 1 aromatic heterocycles. The summed E-state index contributed by atoms with van der Waals surface area (Å²) in [5.41, 5.74) is 4.80. The molecule has 0 radical (unpaired) electrons. The molecule has 32 heavy (non-hydrogen) atoms. The van der Waals surface area contributed by atoms with Crippen molar-refractivity contribution >= 4 is 20.8 Å². The van der Waals surface area contributed by atoms with Crippen molar-refractivity contribution in [1.29, 1.82) is 0 Å². The van der Waals surface area contributed by atoms with E-state index in [2.05, 4.69) is 11.0 Å². The van der Waals surface area contributed by atoms with Gasteiger partial charge in [-0.25, -0.2) is 13.2 Å². The maximum Gasteiger partial charge on any atom is 0.336 e. The number of fused-ring (bicyclic) bond motifs is 2. The Kier molecular flexibility index (Phi) is 5.55. The van der Waals surface area contributed by atoms with Crippen molar-refractivity contribution in [3.05, 3.63) is 75.1 Å². The Hall–Kier alpha value is -2.64. The first kappa shape index (κ1) is 21.2. The van der Waals surface area contributed by atoms with Crippen LogP contribution >= 0.6 is 0 Å². The normalized spacial score (nSPS) is 19.5. The van der Waals surface area contributed by atoms with Gasteiger partial charge in [-0.05, 0) is 72.2 Å². The van der Waals surface area contributed by atoms with Gasteiger partial charge < -0.3 is 9.15 Å². The molecule has 6 nitrogen and oxygen atoms in total. The summed E-state index contributed by atoms with van der Waals surface area (Å²) >= 11 is 0. The molecule has 1 saturated heterocycles. The molecular weight excluding hydrogens is 426 g/mol. The summed E-state index contributed by atoms with van der Waals surface area (Å²) in [5, 5.41) is 0.950. The van der Waals surface area contributed by atoms with Gasteiger partial charge in [0.2, 0.25) is 0 Å². The third-order valence-electron chi connectivity index (χ3n) is 6.69. The molecule has 0 spiro atoms. The van der Waals surface area contributed by atoms with Crippen LogP contribution in [0.5, 0.6) is 5.75 Å². The number of sulfone groups is 1. The second-order valence-corrected chi connectivity index (χ2v) is 11.1. The summed E-state index contributed by atoms with van der Waals surface area (Å²) in [6, 6.07) is 13.5. The molecule has 0 bridgehead atoms. The van der Waals surface area contributed by atoms with E-state index in [0.29, 0.717) is 25.1 Å². The molecule has 1 aliphatic carbocycles. The Balaban J connectivity index is 1.51. The molecular formula is C25H27NO5S. The first-order valence-electron chi connectivity index (χ1n) is 11.1. The Morgan fingerprint density at radius 1 is 1.06 bits per heavy atom. The molecule has 0 N–H and O–H groups in total. The van der Waals surface area contributed by atoms with Crippen LogP contribution in [0.1, 0.15) is 35.1 Å². The van der Waals surface area contributed by atoms with E-state index >= 15 is 0 Å². The van der Waals surface area contributed by atoms with Gasteiger partial charge in [-0.3, -0.25) is 4.90 Å². The lowest BCUT2D eigenvalue weighted by Gasteiger charge is -2.28. The molecule has 3 aromatic rings. The van der Waals surface area contributed by atoms with Crippen LogP contribution in [-0.2, 0) is 35.8 Å². The third kappa shape index (κ3) is 4.32. The maximum atomic E-state index is 12.3. The quantitative estimate of drug-likeness (QED) is 0.532. The Labute approximate surface area is 187 Å². The van der Waals surface area contributed by atoms with E-state index in [-0.39, 0.29) is 23.2 Å². The average molecular weight is 454 g/mol. The van der Waals surface area contributed by atoms with Gasteiger partial charge in [-0.2, -0.15) is 0 Å². The minimum absolute atomic E-state index is 0.0844. The highest BCUT2D eigenvalue weighted by atomic mass is 32.2. The largest absolute Gasteiger partial charge is 0.497 e. The number of ether oxygens (including phenoxy) is 1. The second kappa shape index (κ2) is 8.37. The SMILES string of the molecule is COc1ccc(CN(Cc2cc(=O)oc3cc4c(cc23)CCC4)[C@H]2CCS(=O)(=O)C2)cc1. The predicted octanol–water partition coefficient (Wildman–Crippen LogP) is 3.48. The van der Waals surface area contributed by atoms with Gasteiger partial charge in [0.15, 0.2) is 9.84 Å². The van der Waals surface area contributed by atoms with Crippen molar-refractivity contribution in [3.8, 4) is 5.75 Å². The third-order valence-corrected chi connectivity index (χ3v) is 8.44. The first-order chi connectivity index (χ1) is 15.4. The van der Waals surface area contributed by atoms with Gasteiger partial charge in [-0.1, -0.05) is 12.1 Å². The van der Waals surface area contributed by atoms with E-state index in [1.807, 2.05) is 30.3 Å². The number of methoxy groups -OCH3 is 1. The van der Waals surface area contributed by atoms with Gasteiger partial charge in [0, 0.05) is 30.6 Å². The van der Waals surface area contributed by atoms with Crippen LogP contribution in [0.2, 0.25) is 0 Å². The van der Waals surface area contributed by atoms with Crippen molar-refractivity contribution in [1.82, 2.24) is 4.90 Å². The molecule has 1 atom stereocenters. The Morgan fingerprint density at radius 3 is 2.50 bits per heavy atom. The van der Waals surface area contributed by atoms with E-state index in [0.717, 1.165) is 41.5 Å². The highest BCUT2D eigenvalue weighted by molar-refractivity contribution is 7.91. The molecule has 1 aliphatic heterocycles. The van der Waals surface area contributed by atoms with E-state index in [4.69, 9.17) is 9.15 Å². The molecule has 2 aliphatic rings. The van der Waals surface area contributed by atoms with Gasteiger partial charge in [0.25, 0.3) is 0 Å². The van der Waals surface area contributed by atoms with E-state index in [1.165, 1.54) is 11.1 Å². The van der Waals surface area contributed by atoms with Crippen molar-refractivity contribution in [2.75, 3.05) is 18.6 Å². The molecule has 0 amide bonds. The lowest BCUT2D eigenvalue weighted by molar-refractivity contribution is 0.194. The number of nitrogens with zero attached hydrogens (tertiary/aromatic N) is 1. The van der Waals surface area contributed by atoms with Crippen molar-refractivity contribution in [2.24, 2.45) is 0 Å². The van der Waals surface area contributed by atoms with Crippen LogP contribution in [0, 0.1) is 0 Å². The van der Waals surface area contributed by atoms with Crippen LogP contribution in [0.4, 0.5) is 0 Å². The zero-order chi connectivity index (χ0) is 22.3. The number of hydrogen-bond acceptors (Lipinski definition) is 6. The van der Waals surface area contributed by atoms with Crippen molar-refractivity contribution in [2.45, 2.75) is 44.8 Å². The van der Waals surface area contributed by atoms with Crippen LogP contribution in [-0.4, -0.2) is 38.0 Å². The number of benzene rings is 2. The summed E-state index contributed by atoms with van der Waals surface area (Å²) in [6.45, 7) is 1.09. The van der Waals surface area contributed by atoms with E-state index in [9.17, 15) is 13.2 Å². The molecule has 2 heterocycles. The zero-order valence-electron chi connectivity index (χ0n) is 18.2. The number of aryl methyl sites for hydroxylation is 2. The monoisotopic (exact) mass is 453 g/mol. The highest BCUT2D eigenvalue weighted by Crippen LogP contribution is 2.30. The Morgan fingerprint density at radius 2 is 1.81 bits per heavy atom. The minimum Gasteiger partial charge on any atom is -0.497 e.